The molecule has 3 heterocycles. The van der Waals surface area contributed by atoms with Crippen molar-refractivity contribution in [2.24, 2.45) is 0 Å². The molecule has 158 valence electrons. The highest BCUT2D eigenvalue weighted by atomic mass is 32.1. The van der Waals surface area contributed by atoms with E-state index in [1.54, 1.807) is 41.7 Å². The SMILES string of the molecule is O=C1C(=Cc2cc3c4cccc5ccc6c7ccccc7n(c3s2)c6c54)C(=O)c2ccccc21. The van der Waals surface area contributed by atoms with Crippen molar-refractivity contribution in [3.63, 3.8) is 0 Å². The summed E-state index contributed by atoms with van der Waals surface area (Å²) in [5.74, 6) is -0.377. The number of fused-ring (bicyclic) bond motifs is 7. The lowest BCUT2D eigenvalue weighted by atomic mass is 10.0. The molecular formula is C30H15NO2S. The number of rotatable bonds is 1. The molecule has 1 aliphatic carbocycles. The van der Waals surface area contributed by atoms with Crippen LogP contribution in [-0.2, 0) is 0 Å². The Hall–Kier alpha value is -4.28. The molecule has 0 saturated heterocycles. The normalized spacial score (nSPS) is 13.9. The van der Waals surface area contributed by atoms with Gasteiger partial charge >= 0.3 is 0 Å². The summed E-state index contributed by atoms with van der Waals surface area (Å²) in [7, 11) is 0. The maximum absolute atomic E-state index is 13.0. The summed E-state index contributed by atoms with van der Waals surface area (Å²) in [6.45, 7) is 0. The second-order valence-electron chi connectivity index (χ2n) is 8.85. The summed E-state index contributed by atoms with van der Waals surface area (Å²) in [6, 6.07) is 28.5. The highest BCUT2D eigenvalue weighted by Crippen LogP contribution is 2.44. The molecule has 0 N–H and O–H groups in total. The van der Waals surface area contributed by atoms with E-state index in [0.29, 0.717) is 11.1 Å². The van der Waals surface area contributed by atoms with E-state index in [1.165, 1.54) is 38.0 Å². The van der Waals surface area contributed by atoms with Gasteiger partial charge in [0.25, 0.3) is 0 Å². The van der Waals surface area contributed by atoms with Gasteiger partial charge in [0, 0.05) is 37.5 Å². The topological polar surface area (TPSA) is 38.5 Å². The van der Waals surface area contributed by atoms with Crippen LogP contribution < -0.4 is 0 Å². The monoisotopic (exact) mass is 453 g/mol. The number of para-hydroxylation sites is 1. The maximum Gasteiger partial charge on any atom is 0.197 e. The number of ketones is 2. The average Bonchev–Trinajstić information content (AvgIpc) is 3.52. The average molecular weight is 454 g/mol. The molecule has 0 spiro atoms. The van der Waals surface area contributed by atoms with Crippen molar-refractivity contribution >= 4 is 77.2 Å². The molecule has 34 heavy (non-hydrogen) atoms. The van der Waals surface area contributed by atoms with Crippen molar-refractivity contribution in [3.05, 3.63) is 107 Å². The Morgan fingerprint density at radius 3 is 2.24 bits per heavy atom. The van der Waals surface area contributed by atoms with Gasteiger partial charge < -0.3 is 0 Å². The van der Waals surface area contributed by atoms with E-state index in [4.69, 9.17) is 0 Å². The first-order valence-electron chi connectivity index (χ1n) is 11.2. The molecule has 0 aliphatic heterocycles. The number of pyridine rings is 1. The van der Waals surface area contributed by atoms with E-state index in [0.717, 1.165) is 15.1 Å². The Kier molecular flexibility index (Phi) is 3.31. The number of carbonyl (C=O) groups is 2. The minimum absolute atomic E-state index is 0.189. The molecule has 8 rings (SSSR count). The number of Topliss-reactive ketones (excluding diaryl/α,β-unsaturated/α-hetero) is 2. The Morgan fingerprint density at radius 1 is 0.676 bits per heavy atom. The van der Waals surface area contributed by atoms with Gasteiger partial charge in [-0.1, -0.05) is 72.8 Å². The maximum atomic E-state index is 13.0. The van der Waals surface area contributed by atoms with Crippen LogP contribution in [-0.4, -0.2) is 16.0 Å². The van der Waals surface area contributed by atoms with Crippen LogP contribution in [0.1, 0.15) is 25.6 Å². The molecule has 3 aromatic heterocycles. The fraction of sp³-hybridized carbons (Fsp3) is 0. The number of benzene rings is 4. The summed E-state index contributed by atoms with van der Waals surface area (Å²) >= 11 is 1.63. The largest absolute Gasteiger partial charge is 0.299 e. The molecule has 0 fully saturated rings. The zero-order chi connectivity index (χ0) is 22.6. The number of carbonyl (C=O) groups excluding carboxylic acids is 2. The fourth-order valence-electron chi connectivity index (χ4n) is 5.64. The van der Waals surface area contributed by atoms with Gasteiger partial charge in [-0.2, -0.15) is 0 Å². The van der Waals surface area contributed by atoms with Gasteiger partial charge in [0.05, 0.1) is 16.6 Å². The Bertz CT molecular complexity index is 2020. The van der Waals surface area contributed by atoms with Crippen molar-refractivity contribution in [3.8, 4) is 0 Å². The van der Waals surface area contributed by atoms with Crippen molar-refractivity contribution in [1.82, 2.24) is 4.40 Å². The van der Waals surface area contributed by atoms with E-state index in [1.807, 2.05) is 0 Å². The third-order valence-electron chi connectivity index (χ3n) is 7.09. The van der Waals surface area contributed by atoms with Crippen LogP contribution in [0.2, 0.25) is 0 Å². The van der Waals surface area contributed by atoms with Gasteiger partial charge in [0.2, 0.25) is 0 Å². The van der Waals surface area contributed by atoms with Gasteiger partial charge in [-0.05, 0) is 29.0 Å². The van der Waals surface area contributed by atoms with Crippen LogP contribution in [0.3, 0.4) is 0 Å². The van der Waals surface area contributed by atoms with Crippen molar-refractivity contribution < 1.29 is 9.59 Å². The molecule has 0 saturated carbocycles. The molecule has 0 bridgehead atoms. The van der Waals surface area contributed by atoms with Gasteiger partial charge in [-0.15, -0.1) is 11.3 Å². The van der Waals surface area contributed by atoms with Crippen molar-refractivity contribution in [2.75, 3.05) is 0 Å². The van der Waals surface area contributed by atoms with E-state index in [-0.39, 0.29) is 17.1 Å². The van der Waals surface area contributed by atoms with Gasteiger partial charge in [0.15, 0.2) is 11.6 Å². The molecule has 3 nitrogen and oxygen atoms in total. The number of allylic oxidation sites excluding steroid dienone is 1. The number of aromatic nitrogens is 1. The molecule has 1 aliphatic rings. The van der Waals surface area contributed by atoms with Crippen LogP contribution in [0.5, 0.6) is 0 Å². The molecule has 0 atom stereocenters. The molecular weight excluding hydrogens is 438 g/mol. The van der Waals surface area contributed by atoms with Gasteiger partial charge in [-0.3, -0.25) is 14.0 Å². The first kappa shape index (κ1) is 18.2. The second-order valence-corrected chi connectivity index (χ2v) is 9.91. The van der Waals surface area contributed by atoms with Crippen LogP contribution in [0, 0.1) is 0 Å². The summed E-state index contributed by atoms with van der Waals surface area (Å²) in [4.78, 5) is 28.0. The quantitative estimate of drug-likeness (QED) is 0.190. The number of nitrogens with zero attached hydrogens (tertiary/aromatic N) is 1. The van der Waals surface area contributed by atoms with E-state index in [2.05, 4.69) is 65.1 Å². The van der Waals surface area contributed by atoms with Gasteiger partial charge in [0.1, 0.15) is 4.83 Å². The standard InChI is InChI=1S/C30H15NO2S/c32-28-21-8-1-2-9-22(21)29(33)24(28)15-17-14-23-19-10-5-6-16-12-13-20-18-7-3-4-11-25(18)31(30(23)34-17)27(20)26(16)19/h1-15H. The molecule has 0 unspecified atom stereocenters. The zero-order valence-corrected chi connectivity index (χ0v) is 18.6. The predicted molar refractivity (Wildman–Crippen MR) is 140 cm³/mol. The molecule has 4 aromatic carbocycles. The third-order valence-corrected chi connectivity index (χ3v) is 8.16. The van der Waals surface area contributed by atoms with E-state index >= 15 is 0 Å². The first-order valence-corrected chi connectivity index (χ1v) is 12.0. The van der Waals surface area contributed by atoms with Crippen molar-refractivity contribution in [1.29, 1.82) is 0 Å². The Balaban J connectivity index is 1.50. The Labute approximate surface area is 197 Å². The number of hydrogen-bond acceptors (Lipinski definition) is 3. The highest BCUT2D eigenvalue weighted by Gasteiger charge is 2.32. The van der Waals surface area contributed by atoms with Crippen molar-refractivity contribution in [2.45, 2.75) is 0 Å². The first-order chi connectivity index (χ1) is 16.7. The fourth-order valence-corrected chi connectivity index (χ4v) is 6.77. The summed E-state index contributed by atoms with van der Waals surface area (Å²) < 4.78 is 2.36. The third kappa shape index (κ3) is 2.12. The summed E-state index contributed by atoms with van der Waals surface area (Å²) in [6.07, 6.45) is 1.78. The Morgan fingerprint density at radius 2 is 1.41 bits per heavy atom. The molecule has 7 aromatic rings. The number of hydrogen-bond donors (Lipinski definition) is 0. The summed E-state index contributed by atoms with van der Waals surface area (Å²) in [5, 5.41) is 7.27. The van der Waals surface area contributed by atoms with Crippen LogP contribution in [0.4, 0.5) is 0 Å². The second kappa shape index (κ2) is 6.19. The van der Waals surface area contributed by atoms with E-state index < -0.39 is 0 Å². The zero-order valence-electron chi connectivity index (χ0n) is 17.8. The molecule has 0 radical (unpaired) electrons. The smallest absolute Gasteiger partial charge is 0.197 e. The molecule has 0 amide bonds. The summed E-state index contributed by atoms with van der Waals surface area (Å²) in [5.41, 5.74) is 3.63. The van der Waals surface area contributed by atoms with Crippen LogP contribution >= 0.6 is 11.3 Å². The highest BCUT2D eigenvalue weighted by molar-refractivity contribution is 7.19. The lowest BCUT2D eigenvalue weighted by molar-refractivity contribution is 0.0990. The van der Waals surface area contributed by atoms with Crippen LogP contribution in [0.25, 0.3) is 54.3 Å². The minimum atomic E-state index is -0.189. The number of thiophene rings is 1. The van der Waals surface area contributed by atoms with Gasteiger partial charge in [-0.25, -0.2) is 0 Å². The minimum Gasteiger partial charge on any atom is -0.299 e. The molecule has 4 heteroatoms. The lowest BCUT2D eigenvalue weighted by Crippen LogP contribution is -1.99. The van der Waals surface area contributed by atoms with Crippen LogP contribution in [0.15, 0.2) is 90.5 Å². The lowest BCUT2D eigenvalue weighted by Gasteiger charge is -2.09. The van der Waals surface area contributed by atoms with E-state index in [9.17, 15) is 9.59 Å². The predicted octanol–water partition coefficient (Wildman–Crippen LogP) is 7.51.